The number of aromatic carboxylic acids is 1. The number of aromatic nitrogens is 2. The number of nitrogens with zero attached hydrogens (tertiary/aromatic N) is 2. The SMILES string of the molecule is CC#CCCn1nc(C(=O)O)c2ccccc2c1=O. The van der Waals surface area contributed by atoms with Crippen molar-refractivity contribution >= 4 is 16.7 Å². The zero-order valence-corrected chi connectivity index (χ0v) is 10.4. The number of carbonyl (C=O) groups is 1. The quantitative estimate of drug-likeness (QED) is 0.845. The fourth-order valence-corrected chi connectivity index (χ4v) is 1.83. The number of hydrogen-bond acceptors (Lipinski definition) is 3. The molecule has 2 rings (SSSR count). The summed E-state index contributed by atoms with van der Waals surface area (Å²) in [6.45, 7) is 1.99. The number of rotatable bonds is 3. The molecule has 1 aromatic heterocycles. The third-order valence-corrected chi connectivity index (χ3v) is 2.70. The monoisotopic (exact) mass is 256 g/mol. The Morgan fingerprint density at radius 3 is 2.68 bits per heavy atom. The molecule has 96 valence electrons. The first-order valence-electron chi connectivity index (χ1n) is 5.78. The second-order valence-corrected chi connectivity index (χ2v) is 3.90. The topological polar surface area (TPSA) is 72.2 Å². The lowest BCUT2D eigenvalue weighted by Crippen LogP contribution is -2.26. The molecule has 0 saturated carbocycles. The molecule has 0 aliphatic heterocycles. The number of fused-ring (bicyclic) bond motifs is 1. The molecule has 1 N–H and O–H groups in total. The number of benzene rings is 1. The number of hydrogen-bond donors (Lipinski definition) is 1. The highest BCUT2D eigenvalue weighted by Crippen LogP contribution is 2.13. The highest BCUT2D eigenvalue weighted by Gasteiger charge is 2.14. The average Bonchev–Trinajstić information content (AvgIpc) is 2.41. The van der Waals surface area contributed by atoms with Crippen molar-refractivity contribution in [2.45, 2.75) is 19.9 Å². The van der Waals surface area contributed by atoms with E-state index < -0.39 is 5.97 Å². The van der Waals surface area contributed by atoms with E-state index in [1.807, 2.05) is 0 Å². The van der Waals surface area contributed by atoms with Gasteiger partial charge in [0, 0.05) is 11.8 Å². The minimum atomic E-state index is -1.15. The van der Waals surface area contributed by atoms with Crippen LogP contribution < -0.4 is 5.56 Å². The molecule has 0 atom stereocenters. The highest BCUT2D eigenvalue weighted by atomic mass is 16.4. The zero-order chi connectivity index (χ0) is 13.8. The van der Waals surface area contributed by atoms with E-state index in [-0.39, 0.29) is 17.8 Å². The van der Waals surface area contributed by atoms with Crippen LogP contribution in [0.3, 0.4) is 0 Å². The molecule has 0 aliphatic carbocycles. The van der Waals surface area contributed by atoms with Crippen LogP contribution in [0, 0.1) is 11.8 Å². The van der Waals surface area contributed by atoms with Gasteiger partial charge in [0.15, 0.2) is 5.69 Å². The molecule has 0 spiro atoms. The second-order valence-electron chi connectivity index (χ2n) is 3.90. The summed E-state index contributed by atoms with van der Waals surface area (Å²) in [6, 6.07) is 6.57. The van der Waals surface area contributed by atoms with Crippen molar-refractivity contribution in [2.75, 3.05) is 0 Å². The zero-order valence-electron chi connectivity index (χ0n) is 10.4. The molecular weight excluding hydrogens is 244 g/mol. The first kappa shape index (κ1) is 12.8. The van der Waals surface area contributed by atoms with Gasteiger partial charge in [-0.3, -0.25) is 4.79 Å². The van der Waals surface area contributed by atoms with Crippen molar-refractivity contribution in [2.24, 2.45) is 0 Å². The van der Waals surface area contributed by atoms with Crippen LogP contribution in [-0.4, -0.2) is 20.9 Å². The van der Waals surface area contributed by atoms with E-state index in [2.05, 4.69) is 16.9 Å². The minimum absolute atomic E-state index is 0.111. The Bertz CT molecular complexity index is 751. The van der Waals surface area contributed by atoms with Gasteiger partial charge in [-0.25, -0.2) is 9.48 Å². The summed E-state index contributed by atoms with van der Waals surface area (Å²) in [4.78, 5) is 23.4. The molecule has 0 fully saturated rings. The van der Waals surface area contributed by atoms with E-state index >= 15 is 0 Å². The van der Waals surface area contributed by atoms with Crippen LogP contribution in [0.15, 0.2) is 29.1 Å². The first-order valence-corrected chi connectivity index (χ1v) is 5.78. The van der Waals surface area contributed by atoms with Crippen molar-refractivity contribution < 1.29 is 9.90 Å². The maximum atomic E-state index is 12.2. The Labute approximate surface area is 109 Å². The van der Waals surface area contributed by atoms with Gasteiger partial charge < -0.3 is 5.11 Å². The van der Waals surface area contributed by atoms with Crippen molar-refractivity contribution in [1.29, 1.82) is 0 Å². The largest absolute Gasteiger partial charge is 0.476 e. The summed E-state index contributed by atoms with van der Waals surface area (Å²) in [5.74, 6) is 4.40. The summed E-state index contributed by atoms with van der Waals surface area (Å²) >= 11 is 0. The van der Waals surface area contributed by atoms with Gasteiger partial charge in [0.1, 0.15) is 0 Å². The van der Waals surface area contributed by atoms with E-state index in [1.54, 1.807) is 31.2 Å². The Morgan fingerprint density at radius 2 is 2.05 bits per heavy atom. The molecule has 19 heavy (non-hydrogen) atoms. The maximum absolute atomic E-state index is 12.2. The number of aryl methyl sites for hydroxylation is 1. The normalized spacial score (nSPS) is 9.95. The van der Waals surface area contributed by atoms with Gasteiger partial charge in [-0.15, -0.1) is 11.8 Å². The molecule has 5 heteroatoms. The van der Waals surface area contributed by atoms with Crippen molar-refractivity contribution in [1.82, 2.24) is 9.78 Å². The van der Waals surface area contributed by atoms with E-state index in [0.29, 0.717) is 17.2 Å². The minimum Gasteiger partial charge on any atom is -0.476 e. The molecule has 1 aromatic carbocycles. The molecule has 0 saturated heterocycles. The van der Waals surface area contributed by atoms with Crippen LogP contribution >= 0.6 is 0 Å². The van der Waals surface area contributed by atoms with Gasteiger partial charge in [-0.05, 0) is 13.0 Å². The van der Waals surface area contributed by atoms with Crippen LogP contribution in [0.5, 0.6) is 0 Å². The Kier molecular flexibility index (Phi) is 3.62. The summed E-state index contributed by atoms with van der Waals surface area (Å²) in [7, 11) is 0. The third kappa shape index (κ3) is 2.47. The standard InChI is InChI=1S/C14H12N2O3/c1-2-3-6-9-16-13(17)11-8-5-4-7-10(11)12(15-16)14(18)19/h4-5,7-8H,6,9H2,1H3,(H,18,19). The molecule has 0 amide bonds. The molecule has 0 radical (unpaired) electrons. The number of carboxylic acid groups (broad SMARTS) is 1. The fourth-order valence-electron chi connectivity index (χ4n) is 1.83. The molecule has 0 bridgehead atoms. The lowest BCUT2D eigenvalue weighted by atomic mass is 10.1. The van der Waals surface area contributed by atoms with Gasteiger partial charge in [-0.1, -0.05) is 18.2 Å². The Morgan fingerprint density at radius 1 is 1.37 bits per heavy atom. The van der Waals surface area contributed by atoms with Gasteiger partial charge in [0.05, 0.1) is 11.9 Å². The van der Waals surface area contributed by atoms with Crippen molar-refractivity contribution in [3.63, 3.8) is 0 Å². The van der Waals surface area contributed by atoms with Gasteiger partial charge >= 0.3 is 5.97 Å². The van der Waals surface area contributed by atoms with Crippen LogP contribution in [-0.2, 0) is 6.54 Å². The molecular formula is C14H12N2O3. The highest BCUT2D eigenvalue weighted by molar-refractivity contribution is 6.01. The predicted octanol–water partition coefficient (Wildman–Crippen LogP) is 1.51. The fraction of sp³-hybridized carbons (Fsp3) is 0.214. The molecule has 5 nitrogen and oxygen atoms in total. The van der Waals surface area contributed by atoms with E-state index in [1.165, 1.54) is 0 Å². The van der Waals surface area contributed by atoms with Gasteiger partial charge in [-0.2, -0.15) is 5.10 Å². The smallest absolute Gasteiger partial charge is 0.357 e. The van der Waals surface area contributed by atoms with Gasteiger partial charge in [0.25, 0.3) is 5.56 Å². The summed E-state index contributed by atoms with van der Waals surface area (Å²) < 4.78 is 1.16. The molecule has 0 unspecified atom stereocenters. The molecule has 2 aromatic rings. The van der Waals surface area contributed by atoms with Crippen LogP contribution in [0.4, 0.5) is 0 Å². The van der Waals surface area contributed by atoms with E-state index in [4.69, 9.17) is 5.11 Å². The van der Waals surface area contributed by atoms with Gasteiger partial charge in [0.2, 0.25) is 0 Å². The van der Waals surface area contributed by atoms with Crippen LogP contribution in [0.2, 0.25) is 0 Å². The molecule has 0 aliphatic rings. The van der Waals surface area contributed by atoms with Crippen molar-refractivity contribution in [3.05, 3.63) is 40.3 Å². The number of carboxylic acids is 1. The second kappa shape index (κ2) is 5.36. The average molecular weight is 256 g/mol. The summed E-state index contributed by atoms with van der Waals surface area (Å²) in [6.07, 6.45) is 0.459. The first-order chi connectivity index (χ1) is 9.15. The maximum Gasteiger partial charge on any atom is 0.357 e. The summed E-state index contributed by atoms with van der Waals surface area (Å²) in [5.41, 5.74) is -0.404. The van der Waals surface area contributed by atoms with Crippen molar-refractivity contribution in [3.8, 4) is 11.8 Å². The molecule has 1 heterocycles. The lowest BCUT2D eigenvalue weighted by molar-refractivity contribution is 0.0690. The van der Waals surface area contributed by atoms with Crippen LogP contribution in [0.25, 0.3) is 10.8 Å². The third-order valence-electron chi connectivity index (χ3n) is 2.70. The Hall–Kier alpha value is -2.61. The van der Waals surface area contributed by atoms with E-state index in [9.17, 15) is 9.59 Å². The Balaban J connectivity index is 2.65. The predicted molar refractivity (Wildman–Crippen MR) is 71.0 cm³/mol. The van der Waals surface area contributed by atoms with Crippen LogP contribution in [0.1, 0.15) is 23.8 Å². The summed E-state index contributed by atoms with van der Waals surface area (Å²) in [5, 5.41) is 13.8. The van der Waals surface area contributed by atoms with E-state index in [0.717, 1.165) is 4.68 Å². The lowest BCUT2D eigenvalue weighted by Gasteiger charge is -2.07.